The van der Waals surface area contributed by atoms with Crippen molar-refractivity contribution in [2.45, 2.75) is 20.3 Å². The molecular weight excluding hydrogens is 310 g/mol. The second-order valence-electron chi connectivity index (χ2n) is 6.95. The van der Waals surface area contributed by atoms with E-state index < -0.39 is 0 Å². The molecule has 0 spiro atoms. The zero-order valence-electron chi connectivity index (χ0n) is 14.0. The third-order valence-electron chi connectivity index (χ3n) is 5.16. The van der Waals surface area contributed by atoms with E-state index in [1.54, 1.807) is 6.92 Å². The number of amides is 1. The van der Waals surface area contributed by atoms with Crippen LogP contribution in [0.3, 0.4) is 0 Å². The summed E-state index contributed by atoms with van der Waals surface area (Å²) in [6.45, 7) is 9.98. The van der Waals surface area contributed by atoms with Gasteiger partial charge in [-0.05, 0) is 49.4 Å². The number of aryl methyl sites for hydroxylation is 1. The van der Waals surface area contributed by atoms with Crippen molar-refractivity contribution < 1.29 is 4.79 Å². The highest BCUT2D eigenvalue weighted by molar-refractivity contribution is 6.31. The van der Waals surface area contributed by atoms with Crippen molar-refractivity contribution in [2.75, 3.05) is 44.6 Å². The van der Waals surface area contributed by atoms with Crippen LogP contribution in [0.1, 0.15) is 18.9 Å². The van der Waals surface area contributed by atoms with Crippen molar-refractivity contribution in [2.24, 2.45) is 11.8 Å². The third-order valence-corrected chi connectivity index (χ3v) is 5.57. The van der Waals surface area contributed by atoms with Gasteiger partial charge in [0.25, 0.3) is 0 Å². The number of rotatable bonds is 5. The Hall–Kier alpha value is -1.26. The van der Waals surface area contributed by atoms with Crippen LogP contribution in [0.4, 0.5) is 5.69 Å². The summed E-state index contributed by atoms with van der Waals surface area (Å²) in [6, 6.07) is 6.12. The van der Waals surface area contributed by atoms with E-state index in [-0.39, 0.29) is 5.91 Å². The van der Waals surface area contributed by atoms with Gasteiger partial charge in [-0.1, -0.05) is 17.7 Å². The molecule has 0 saturated carbocycles. The summed E-state index contributed by atoms with van der Waals surface area (Å²) in [5, 5.41) is 4.26. The standard InChI is InChI=1S/C18H26ClN3O/c1-13-4-5-17(8-18(13)19)20-6-3-7-21-9-15-11-22(14(2)23)12-16(15)10-21/h4-5,8,15-16,20H,3,6-7,9-12H2,1-2H3. The van der Waals surface area contributed by atoms with E-state index in [4.69, 9.17) is 11.6 Å². The SMILES string of the molecule is CC(=O)N1CC2CN(CCCNc3ccc(C)c(Cl)c3)CC2C1. The average molecular weight is 336 g/mol. The van der Waals surface area contributed by atoms with Gasteiger partial charge in [-0.25, -0.2) is 0 Å². The Kier molecular flexibility index (Phi) is 5.12. The lowest BCUT2D eigenvalue weighted by molar-refractivity contribution is -0.128. The average Bonchev–Trinajstić information content (AvgIpc) is 3.05. The van der Waals surface area contributed by atoms with E-state index in [2.05, 4.69) is 16.3 Å². The number of benzene rings is 1. The highest BCUT2D eigenvalue weighted by Gasteiger charge is 2.40. The first kappa shape index (κ1) is 16.6. The van der Waals surface area contributed by atoms with Crippen molar-refractivity contribution >= 4 is 23.2 Å². The third kappa shape index (κ3) is 3.99. The van der Waals surface area contributed by atoms with Gasteiger partial charge in [0, 0.05) is 50.4 Å². The second-order valence-corrected chi connectivity index (χ2v) is 7.36. The maximum Gasteiger partial charge on any atom is 0.219 e. The number of nitrogens with zero attached hydrogens (tertiary/aromatic N) is 2. The van der Waals surface area contributed by atoms with Crippen molar-refractivity contribution in [3.63, 3.8) is 0 Å². The molecule has 1 aromatic rings. The van der Waals surface area contributed by atoms with Crippen LogP contribution in [0.15, 0.2) is 18.2 Å². The predicted octanol–water partition coefficient (Wildman–Crippen LogP) is 2.86. The van der Waals surface area contributed by atoms with Crippen LogP contribution in [0, 0.1) is 18.8 Å². The van der Waals surface area contributed by atoms with Crippen molar-refractivity contribution in [3.8, 4) is 0 Å². The van der Waals surface area contributed by atoms with Crippen molar-refractivity contribution in [1.29, 1.82) is 0 Å². The molecule has 23 heavy (non-hydrogen) atoms. The molecule has 2 heterocycles. The zero-order chi connectivity index (χ0) is 16.4. The number of carbonyl (C=O) groups is 1. The molecule has 2 unspecified atom stereocenters. The molecule has 0 radical (unpaired) electrons. The highest BCUT2D eigenvalue weighted by Crippen LogP contribution is 2.31. The van der Waals surface area contributed by atoms with Gasteiger partial charge in [-0.3, -0.25) is 4.79 Å². The van der Waals surface area contributed by atoms with Crippen LogP contribution >= 0.6 is 11.6 Å². The molecular formula is C18H26ClN3O. The van der Waals surface area contributed by atoms with Gasteiger partial charge in [-0.2, -0.15) is 0 Å². The largest absolute Gasteiger partial charge is 0.385 e. The number of nitrogens with one attached hydrogen (secondary N) is 1. The summed E-state index contributed by atoms with van der Waals surface area (Å²) >= 11 is 6.14. The molecule has 1 N–H and O–H groups in total. The van der Waals surface area contributed by atoms with Crippen LogP contribution in [0.2, 0.25) is 5.02 Å². The molecule has 2 atom stereocenters. The topological polar surface area (TPSA) is 35.6 Å². The van der Waals surface area contributed by atoms with Crippen molar-refractivity contribution in [3.05, 3.63) is 28.8 Å². The van der Waals surface area contributed by atoms with E-state index in [9.17, 15) is 4.79 Å². The fourth-order valence-electron chi connectivity index (χ4n) is 3.77. The van der Waals surface area contributed by atoms with Crippen LogP contribution in [-0.2, 0) is 4.79 Å². The number of halogens is 1. The smallest absolute Gasteiger partial charge is 0.219 e. The Balaban J connectivity index is 1.36. The second kappa shape index (κ2) is 7.10. The van der Waals surface area contributed by atoms with Gasteiger partial charge in [0.15, 0.2) is 0 Å². The zero-order valence-corrected chi connectivity index (χ0v) is 14.8. The highest BCUT2D eigenvalue weighted by atomic mass is 35.5. The van der Waals surface area contributed by atoms with E-state index >= 15 is 0 Å². The Morgan fingerprint density at radius 3 is 2.57 bits per heavy atom. The van der Waals surface area contributed by atoms with Crippen LogP contribution < -0.4 is 5.32 Å². The molecule has 1 amide bonds. The first-order chi connectivity index (χ1) is 11.0. The summed E-state index contributed by atoms with van der Waals surface area (Å²) in [5.74, 6) is 1.59. The van der Waals surface area contributed by atoms with E-state index in [1.807, 2.05) is 24.0 Å². The molecule has 2 saturated heterocycles. The lowest BCUT2D eigenvalue weighted by atomic mass is 10.0. The minimum absolute atomic E-state index is 0.229. The first-order valence-electron chi connectivity index (χ1n) is 8.51. The van der Waals surface area contributed by atoms with Crippen LogP contribution in [0.25, 0.3) is 0 Å². The number of hydrogen-bond acceptors (Lipinski definition) is 3. The van der Waals surface area contributed by atoms with E-state index in [1.165, 1.54) is 0 Å². The minimum Gasteiger partial charge on any atom is -0.385 e. The number of fused-ring (bicyclic) bond motifs is 1. The molecule has 0 aromatic heterocycles. The molecule has 1 aromatic carbocycles. The van der Waals surface area contributed by atoms with Gasteiger partial charge in [0.05, 0.1) is 0 Å². The molecule has 0 aliphatic carbocycles. The molecule has 4 nitrogen and oxygen atoms in total. The monoisotopic (exact) mass is 335 g/mol. The van der Waals surface area contributed by atoms with Crippen LogP contribution in [-0.4, -0.2) is 55.0 Å². The molecule has 126 valence electrons. The molecule has 2 aliphatic rings. The van der Waals surface area contributed by atoms with E-state index in [0.29, 0.717) is 11.8 Å². The van der Waals surface area contributed by atoms with Crippen LogP contribution in [0.5, 0.6) is 0 Å². The molecule has 3 rings (SSSR count). The Morgan fingerprint density at radius 2 is 1.96 bits per heavy atom. The summed E-state index contributed by atoms with van der Waals surface area (Å²) in [4.78, 5) is 16.0. The summed E-state index contributed by atoms with van der Waals surface area (Å²) in [6.07, 6.45) is 1.13. The minimum atomic E-state index is 0.229. The van der Waals surface area contributed by atoms with Gasteiger partial charge in [0.1, 0.15) is 0 Å². The Bertz CT molecular complexity index is 563. The van der Waals surface area contributed by atoms with Gasteiger partial charge in [0.2, 0.25) is 5.91 Å². The number of hydrogen-bond donors (Lipinski definition) is 1. The summed E-state index contributed by atoms with van der Waals surface area (Å²) in [5.41, 5.74) is 2.21. The van der Waals surface area contributed by atoms with Crippen molar-refractivity contribution in [1.82, 2.24) is 9.80 Å². The van der Waals surface area contributed by atoms with Gasteiger partial charge >= 0.3 is 0 Å². The summed E-state index contributed by atoms with van der Waals surface area (Å²) in [7, 11) is 0. The van der Waals surface area contributed by atoms with Gasteiger partial charge < -0.3 is 15.1 Å². The first-order valence-corrected chi connectivity index (χ1v) is 8.88. The molecule has 2 aliphatic heterocycles. The predicted molar refractivity (Wildman–Crippen MR) is 95.0 cm³/mol. The number of carbonyl (C=O) groups excluding carboxylic acids is 1. The number of anilines is 1. The summed E-state index contributed by atoms with van der Waals surface area (Å²) < 4.78 is 0. The fraction of sp³-hybridized carbons (Fsp3) is 0.611. The van der Waals surface area contributed by atoms with Gasteiger partial charge in [-0.15, -0.1) is 0 Å². The molecule has 5 heteroatoms. The number of likely N-dealkylation sites (tertiary alicyclic amines) is 2. The molecule has 2 fully saturated rings. The normalized spacial score (nSPS) is 24.0. The van der Waals surface area contributed by atoms with E-state index in [0.717, 1.165) is 62.0 Å². The fourth-order valence-corrected chi connectivity index (χ4v) is 3.95. The lowest BCUT2D eigenvalue weighted by Gasteiger charge is -2.20. The molecule has 0 bridgehead atoms. The maximum atomic E-state index is 11.4. The Morgan fingerprint density at radius 1 is 1.26 bits per heavy atom. The quantitative estimate of drug-likeness (QED) is 0.840. The Labute approximate surface area is 143 Å². The maximum absolute atomic E-state index is 11.4. The lowest BCUT2D eigenvalue weighted by Crippen LogP contribution is -2.32.